The molecule has 1 aliphatic heterocycles. The first-order valence-electron chi connectivity index (χ1n) is 9.51. The van der Waals surface area contributed by atoms with Gasteiger partial charge in [0.2, 0.25) is 0 Å². The van der Waals surface area contributed by atoms with Crippen LogP contribution in [0.25, 0.3) is 0 Å². The first kappa shape index (κ1) is 18.3. The fraction of sp³-hybridized carbons (Fsp3) is 0.364. The van der Waals surface area contributed by atoms with E-state index in [1.165, 1.54) is 5.56 Å². The lowest BCUT2D eigenvalue weighted by molar-refractivity contribution is 0.0718. The number of rotatable bonds is 2. The molecule has 2 amide bonds. The van der Waals surface area contributed by atoms with E-state index in [1.54, 1.807) is 30.3 Å². The van der Waals surface area contributed by atoms with Crippen molar-refractivity contribution < 1.29 is 9.90 Å². The predicted octanol–water partition coefficient (Wildman–Crippen LogP) is 2.97. The summed E-state index contributed by atoms with van der Waals surface area (Å²) in [4.78, 5) is 15.0. The summed E-state index contributed by atoms with van der Waals surface area (Å²) in [5.41, 5.74) is 3.32. The second kappa shape index (κ2) is 6.84. The average molecular weight is 376 g/mol. The highest BCUT2D eigenvalue weighted by Gasteiger charge is 2.50. The van der Waals surface area contributed by atoms with Crippen LogP contribution >= 0.6 is 0 Å². The lowest BCUT2D eigenvalue weighted by Gasteiger charge is -2.54. The standard InChI is InChI=1S/C22H24N4O2/c1-22-9-10-26(2)19(11-15-5-8-17(27)12-18(15)22)20(22)25-21(28)24-16-6-3-14(13-23)4-7-16/h3-8,12,19-20,27H,9-11H2,1-2H3,(H2,24,25,28)/t19-,20+,22-/m1/s1. The number of likely N-dealkylation sites (tertiary alicyclic amines) is 1. The summed E-state index contributed by atoms with van der Waals surface area (Å²) in [6.45, 7) is 3.13. The average Bonchev–Trinajstić information content (AvgIpc) is 2.68. The van der Waals surface area contributed by atoms with Crippen molar-refractivity contribution in [2.45, 2.75) is 37.3 Å². The van der Waals surface area contributed by atoms with E-state index in [4.69, 9.17) is 5.26 Å². The van der Waals surface area contributed by atoms with Gasteiger partial charge in [-0.2, -0.15) is 5.26 Å². The Morgan fingerprint density at radius 3 is 2.75 bits per heavy atom. The molecule has 0 spiro atoms. The number of nitrogens with zero attached hydrogens (tertiary/aromatic N) is 2. The lowest BCUT2D eigenvalue weighted by Crippen LogP contribution is -2.67. The number of nitriles is 1. The number of piperidine rings is 1. The number of amides is 2. The molecule has 6 nitrogen and oxygen atoms in total. The Kier molecular flexibility index (Phi) is 4.48. The van der Waals surface area contributed by atoms with Crippen molar-refractivity contribution in [3.63, 3.8) is 0 Å². The number of likely N-dealkylation sites (N-methyl/N-ethyl adjacent to an activating group) is 1. The Balaban J connectivity index is 1.59. The van der Waals surface area contributed by atoms with Crippen LogP contribution in [0.2, 0.25) is 0 Å². The summed E-state index contributed by atoms with van der Waals surface area (Å²) in [7, 11) is 2.10. The van der Waals surface area contributed by atoms with Gasteiger partial charge in [0.15, 0.2) is 0 Å². The zero-order chi connectivity index (χ0) is 19.9. The molecule has 6 heteroatoms. The van der Waals surface area contributed by atoms with Crippen molar-refractivity contribution in [1.82, 2.24) is 10.2 Å². The van der Waals surface area contributed by atoms with Gasteiger partial charge in [-0.15, -0.1) is 0 Å². The highest BCUT2D eigenvalue weighted by Crippen LogP contribution is 2.45. The molecule has 144 valence electrons. The number of carbonyl (C=O) groups excluding carboxylic acids is 1. The number of fused-ring (bicyclic) bond motifs is 4. The minimum absolute atomic E-state index is 0.0704. The number of hydrogen-bond donors (Lipinski definition) is 3. The minimum Gasteiger partial charge on any atom is -0.508 e. The van der Waals surface area contributed by atoms with E-state index in [1.807, 2.05) is 12.1 Å². The van der Waals surface area contributed by atoms with Crippen LogP contribution in [0.1, 0.15) is 30.0 Å². The van der Waals surface area contributed by atoms with Gasteiger partial charge in [0.25, 0.3) is 0 Å². The zero-order valence-electron chi connectivity index (χ0n) is 16.1. The van der Waals surface area contributed by atoms with Crippen LogP contribution in [0.4, 0.5) is 10.5 Å². The number of benzene rings is 2. The van der Waals surface area contributed by atoms with E-state index in [-0.39, 0.29) is 29.3 Å². The normalized spacial score (nSPS) is 26.0. The summed E-state index contributed by atoms with van der Waals surface area (Å²) < 4.78 is 0. The van der Waals surface area contributed by atoms with Crippen LogP contribution in [-0.2, 0) is 11.8 Å². The van der Waals surface area contributed by atoms with E-state index in [9.17, 15) is 9.90 Å². The smallest absolute Gasteiger partial charge is 0.319 e. The highest BCUT2D eigenvalue weighted by molar-refractivity contribution is 5.89. The number of nitrogens with one attached hydrogen (secondary N) is 2. The number of hydrogen-bond acceptors (Lipinski definition) is 4. The molecule has 2 aromatic carbocycles. The predicted molar refractivity (Wildman–Crippen MR) is 107 cm³/mol. The van der Waals surface area contributed by atoms with Gasteiger partial charge in [0.1, 0.15) is 5.75 Å². The van der Waals surface area contributed by atoms with Crippen molar-refractivity contribution in [2.75, 3.05) is 18.9 Å². The monoisotopic (exact) mass is 376 g/mol. The Morgan fingerprint density at radius 1 is 1.29 bits per heavy atom. The van der Waals surface area contributed by atoms with Crippen LogP contribution in [0.5, 0.6) is 5.75 Å². The van der Waals surface area contributed by atoms with Gasteiger partial charge in [-0.3, -0.25) is 0 Å². The molecular formula is C22H24N4O2. The third-order valence-corrected chi connectivity index (χ3v) is 6.32. The second-order valence-corrected chi connectivity index (χ2v) is 8.03. The lowest BCUT2D eigenvalue weighted by atomic mass is 9.61. The largest absolute Gasteiger partial charge is 0.508 e. The Hall–Kier alpha value is -3.04. The van der Waals surface area contributed by atoms with Gasteiger partial charge in [-0.25, -0.2) is 4.79 Å². The Labute approximate surface area is 164 Å². The van der Waals surface area contributed by atoms with Gasteiger partial charge in [0.05, 0.1) is 17.7 Å². The second-order valence-electron chi connectivity index (χ2n) is 8.03. The van der Waals surface area contributed by atoms with E-state index in [0.29, 0.717) is 11.3 Å². The summed E-state index contributed by atoms with van der Waals surface area (Å²) in [5.74, 6) is 0.262. The summed E-state index contributed by atoms with van der Waals surface area (Å²) in [5, 5.41) is 25.0. The fourth-order valence-corrected chi connectivity index (χ4v) is 4.68. The maximum atomic E-state index is 12.7. The van der Waals surface area contributed by atoms with E-state index in [2.05, 4.69) is 35.6 Å². The van der Waals surface area contributed by atoms with Crippen molar-refractivity contribution in [2.24, 2.45) is 0 Å². The van der Waals surface area contributed by atoms with E-state index in [0.717, 1.165) is 24.9 Å². The molecule has 3 atom stereocenters. The molecule has 28 heavy (non-hydrogen) atoms. The van der Waals surface area contributed by atoms with Crippen LogP contribution in [0.15, 0.2) is 42.5 Å². The summed E-state index contributed by atoms with van der Waals surface area (Å²) in [6, 6.07) is 14.3. The maximum Gasteiger partial charge on any atom is 0.319 e. The number of anilines is 1. The molecule has 1 heterocycles. The molecule has 1 saturated heterocycles. The number of aromatic hydroxyl groups is 1. The SMILES string of the molecule is CN1CC[C@]2(C)c3cc(O)ccc3C[C@@H]1[C@@H]2NC(=O)Nc1ccc(C#N)cc1. The van der Waals surface area contributed by atoms with E-state index >= 15 is 0 Å². The van der Waals surface area contributed by atoms with Gasteiger partial charge in [0, 0.05) is 17.1 Å². The van der Waals surface area contributed by atoms with Crippen molar-refractivity contribution in [3.05, 3.63) is 59.2 Å². The van der Waals surface area contributed by atoms with Crippen LogP contribution in [-0.4, -0.2) is 41.7 Å². The van der Waals surface area contributed by atoms with Crippen molar-refractivity contribution >= 4 is 11.7 Å². The molecule has 0 saturated carbocycles. The molecule has 1 aliphatic carbocycles. The zero-order valence-corrected chi connectivity index (χ0v) is 16.1. The molecular weight excluding hydrogens is 352 g/mol. The van der Waals surface area contributed by atoms with Gasteiger partial charge in [-0.05, 0) is 74.0 Å². The molecule has 3 N–H and O–H groups in total. The summed E-state index contributed by atoms with van der Waals surface area (Å²) >= 11 is 0. The number of carbonyl (C=O) groups is 1. The van der Waals surface area contributed by atoms with Crippen LogP contribution in [0.3, 0.4) is 0 Å². The van der Waals surface area contributed by atoms with Crippen molar-refractivity contribution in [1.29, 1.82) is 5.26 Å². The number of phenolic OH excluding ortho intramolecular Hbond substituents is 1. The topological polar surface area (TPSA) is 88.4 Å². The Bertz CT molecular complexity index is 950. The number of phenols is 1. The first-order chi connectivity index (χ1) is 13.4. The molecule has 4 rings (SSSR count). The van der Waals surface area contributed by atoms with Crippen LogP contribution in [0, 0.1) is 11.3 Å². The van der Waals surface area contributed by atoms with Crippen LogP contribution < -0.4 is 10.6 Å². The maximum absolute atomic E-state index is 12.7. The molecule has 2 bridgehead atoms. The highest BCUT2D eigenvalue weighted by atomic mass is 16.3. The minimum atomic E-state index is -0.259. The quantitative estimate of drug-likeness (QED) is 0.752. The molecule has 2 aliphatic rings. The Morgan fingerprint density at radius 2 is 2.04 bits per heavy atom. The van der Waals surface area contributed by atoms with Gasteiger partial charge >= 0.3 is 6.03 Å². The number of urea groups is 1. The van der Waals surface area contributed by atoms with Gasteiger partial charge in [-0.1, -0.05) is 13.0 Å². The molecule has 1 fully saturated rings. The molecule has 0 aromatic heterocycles. The molecule has 0 unspecified atom stereocenters. The van der Waals surface area contributed by atoms with Crippen molar-refractivity contribution in [3.8, 4) is 11.8 Å². The molecule has 0 radical (unpaired) electrons. The van der Waals surface area contributed by atoms with E-state index < -0.39 is 0 Å². The fourth-order valence-electron chi connectivity index (χ4n) is 4.68. The molecule has 2 aromatic rings. The van der Waals surface area contributed by atoms with Gasteiger partial charge < -0.3 is 20.6 Å². The first-order valence-corrected chi connectivity index (χ1v) is 9.51. The summed E-state index contributed by atoms with van der Waals surface area (Å²) in [6.07, 6.45) is 1.74. The third kappa shape index (κ3) is 3.08. The third-order valence-electron chi connectivity index (χ3n) is 6.32.